The van der Waals surface area contributed by atoms with Gasteiger partial charge in [-0.25, -0.2) is 0 Å². The Morgan fingerprint density at radius 1 is 1.17 bits per heavy atom. The Morgan fingerprint density at radius 2 is 1.96 bits per heavy atom. The molecule has 0 spiro atoms. The number of rotatable bonds is 4. The molecule has 0 atom stereocenters. The molecule has 0 bridgehead atoms. The number of hydrogen-bond donors (Lipinski definition) is 0. The van der Waals surface area contributed by atoms with E-state index < -0.39 is 21.7 Å². The summed E-state index contributed by atoms with van der Waals surface area (Å²) < 4.78 is 14.7. The zero-order valence-electron chi connectivity index (χ0n) is 12.7. The van der Waals surface area contributed by atoms with Crippen molar-refractivity contribution in [3.63, 3.8) is 0 Å². The SMILES string of the molecule is CC1=[N][In]([c]2cccc(C(=O)OCc3ccccc3)c2)[CH]=C1Br. The Balaban J connectivity index is 1.71. The predicted molar refractivity (Wildman–Crippen MR) is 97.5 cm³/mol. The van der Waals surface area contributed by atoms with Crippen molar-refractivity contribution in [2.45, 2.75) is 13.5 Å². The predicted octanol–water partition coefficient (Wildman–Crippen LogP) is 3.53. The van der Waals surface area contributed by atoms with Gasteiger partial charge in [-0.3, -0.25) is 0 Å². The summed E-state index contributed by atoms with van der Waals surface area (Å²) in [5.41, 5.74) is 2.64. The van der Waals surface area contributed by atoms with Crippen molar-refractivity contribution >= 4 is 52.7 Å². The van der Waals surface area contributed by atoms with Gasteiger partial charge in [0.25, 0.3) is 0 Å². The molecule has 0 aliphatic carbocycles. The molecular weight excluding hydrogens is 457 g/mol. The Kier molecular flexibility index (Phi) is 5.38. The molecule has 114 valence electrons. The topological polar surface area (TPSA) is 38.7 Å². The van der Waals surface area contributed by atoms with E-state index >= 15 is 0 Å². The van der Waals surface area contributed by atoms with Crippen LogP contribution in [0.2, 0.25) is 0 Å². The second kappa shape index (κ2) is 7.49. The van der Waals surface area contributed by atoms with E-state index in [1.54, 1.807) is 6.07 Å². The van der Waals surface area contributed by atoms with Crippen molar-refractivity contribution in [2.24, 2.45) is 2.98 Å². The number of halogens is 1. The van der Waals surface area contributed by atoms with Crippen LogP contribution in [0.15, 0.2) is 65.9 Å². The number of carbonyl (C=O) groups excluding carboxylic acids is 1. The normalized spacial score (nSPS) is 13.6. The number of ether oxygens (including phenoxy) is 1. The second-order valence-electron chi connectivity index (χ2n) is 5.36. The van der Waals surface area contributed by atoms with Gasteiger partial charge in [0.1, 0.15) is 0 Å². The molecule has 23 heavy (non-hydrogen) atoms. The van der Waals surface area contributed by atoms with Gasteiger partial charge < -0.3 is 0 Å². The molecule has 1 aliphatic rings. The van der Waals surface area contributed by atoms with Gasteiger partial charge >= 0.3 is 153 Å². The summed E-state index contributed by atoms with van der Waals surface area (Å²) in [7, 11) is 0. The second-order valence-corrected chi connectivity index (χ2v) is 12.3. The molecular formula is C18H15BrInNO2. The van der Waals surface area contributed by atoms with Gasteiger partial charge in [-0.05, 0) is 0 Å². The molecule has 1 aliphatic heterocycles. The molecule has 2 aromatic rings. The fraction of sp³-hybridized carbons (Fsp3) is 0.111. The number of benzene rings is 2. The summed E-state index contributed by atoms with van der Waals surface area (Å²) in [4.78, 5) is 12.3. The summed E-state index contributed by atoms with van der Waals surface area (Å²) >= 11 is 1.24. The quantitative estimate of drug-likeness (QED) is 0.640. The van der Waals surface area contributed by atoms with Crippen molar-refractivity contribution in [3.05, 3.63) is 74.0 Å². The minimum absolute atomic E-state index is 0.288. The molecule has 0 saturated carbocycles. The molecule has 0 radical (unpaired) electrons. The Labute approximate surface area is 152 Å². The number of allylic oxidation sites excluding steroid dienone is 1. The van der Waals surface area contributed by atoms with Crippen LogP contribution in [0.25, 0.3) is 0 Å². The van der Waals surface area contributed by atoms with E-state index in [4.69, 9.17) is 7.72 Å². The standard InChI is InChI=1S/C14H11O2.C4H4BrN.In/c15-14(13-9-5-2-6-10-13)16-11-12-7-3-1-4-8-12;1-3(5)4(2)6;/h1-5,7-10H,11H2;1H,2H3;/q;-1;+1. The third kappa shape index (κ3) is 4.15. The Bertz CT molecular complexity index is 769. The van der Waals surface area contributed by atoms with Crippen LogP contribution >= 0.6 is 15.9 Å². The van der Waals surface area contributed by atoms with Crippen LogP contribution in [0.3, 0.4) is 0 Å². The third-order valence-electron chi connectivity index (χ3n) is 3.66. The average molecular weight is 472 g/mol. The minimum atomic E-state index is -2.29. The van der Waals surface area contributed by atoms with Gasteiger partial charge in [-0.15, -0.1) is 0 Å². The number of nitrogens with zero attached hydrogens (tertiary/aromatic N) is 1. The zero-order chi connectivity index (χ0) is 16.2. The number of carbonyl (C=O) groups is 1. The van der Waals surface area contributed by atoms with Gasteiger partial charge in [-0.1, -0.05) is 0 Å². The van der Waals surface area contributed by atoms with Crippen molar-refractivity contribution in [1.82, 2.24) is 0 Å². The first kappa shape index (κ1) is 16.5. The molecule has 0 N–H and O–H groups in total. The molecule has 0 unspecified atom stereocenters. The monoisotopic (exact) mass is 471 g/mol. The summed E-state index contributed by atoms with van der Waals surface area (Å²) in [6.45, 7) is 2.30. The summed E-state index contributed by atoms with van der Waals surface area (Å²) in [5.74, 6) is -0.288. The van der Waals surface area contributed by atoms with Crippen LogP contribution in [0.4, 0.5) is 0 Å². The number of esters is 1. The Morgan fingerprint density at radius 3 is 2.65 bits per heavy atom. The van der Waals surface area contributed by atoms with E-state index in [0.29, 0.717) is 12.2 Å². The summed E-state index contributed by atoms with van der Waals surface area (Å²) in [6, 6.07) is 17.4. The van der Waals surface area contributed by atoms with Gasteiger partial charge in [-0.2, -0.15) is 0 Å². The van der Waals surface area contributed by atoms with Gasteiger partial charge in [0.05, 0.1) is 0 Å². The van der Waals surface area contributed by atoms with E-state index in [9.17, 15) is 4.79 Å². The van der Waals surface area contributed by atoms with Crippen LogP contribution in [0, 0.1) is 0 Å². The van der Waals surface area contributed by atoms with E-state index in [-0.39, 0.29) is 5.97 Å². The van der Waals surface area contributed by atoms with Gasteiger partial charge in [0, 0.05) is 0 Å². The van der Waals surface area contributed by atoms with Crippen LogP contribution in [0.5, 0.6) is 0 Å². The molecule has 3 nitrogen and oxygen atoms in total. The van der Waals surface area contributed by atoms with Crippen molar-refractivity contribution in [3.8, 4) is 0 Å². The molecule has 0 saturated heterocycles. The zero-order valence-corrected chi connectivity index (χ0v) is 17.6. The summed E-state index contributed by atoms with van der Waals surface area (Å²) in [6.07, 6.45) is 0. The van der Waals surface area contributed by atoms with Crippen LogP contribution in [0.1, 0.15) is 22.8 Å². The van der Waals surface area contributed by atoms with Crippen LogP contribution in [-0.4, -0.2) is 33.4 Å². The summed E-state index contributed by atoms with van der Waals surface area (Å²) in [5, 5.41) is 0. The van der Waals surface area contributed by atoms with Crippen LogP contribution in [-0.2, 0) is 11.3 Å². The van der Waals surface area contributed by atoms with Crippen molar-refractivity contribution in [1.29, 1.82) is 0 Å². The average Bonchev–Trinajstić information content (AvgIpc) is 2.93. The first-order chi connectivity index (χ1) is 11.1. The fourth-order valence-electron chi connectivity index (χ4n) is 2.39. The number of hydrogen-bond acceptors (Lipinski definition) is 3. The van der Waals surface area contributed by atoms with E-state index in [1.165, 1.54) is 3.32 Å². The fourth-order valence-corrected chi connectivity index (χ4v) is 10.8. The van der Waals surface area contributed by atoms with Crippen LogP contribution < -0.4 is 3.32 Å². The maximum atomic E-state index is 12.3. The van der Waals surface area contributed by atoms with E-state index in [0.717, 1.165) is 15.8 Å². The maximum absolute atomic E-state index is 12.3. The molecule has 1 heterocycles. The van der Waals surface area contributed by atoms with Crippen molar-refractivity contribution in [2.75, 3.05) is 0 Å². The molecule has 5 heteroatoms. The van der Waals surface area contributed by atoms with Gasteiger partial charge in [0.2, 0.25) is 0 Å². The Hall–Kier alpha value is -1.33. The molecule has 0 amide bonds. The van der Waals surface area contributed by atoms with Crippen molar-refractivity contribution < 1.29 is 9.53 Å². The van der Waals surface area contributed by atoms with E-state index in [1.807, 2.05) is 49.4 Å². The first-order valence-corrected chi connectivity index (χ1v) is 13.2. The molecule has 0 aromatic heterocycles. The molecule has 0 fully saturated rings. The molecule has 3 rings (SSSR count). The van der Waals surface area contributed by atoms with Gasteiger partial charge in [0.15, 0.2) is 0 Å². The third-order valence-corrected chi connectivity index (χ3v) is 12.6. The first-order valence-electron chi connectivity index (χ1n) is 7.36. The van der Waals surface area contributed by atoms with E-state index in [2.05, 4.69) is 25.8 Å². The molecule has 2 aromatic carbocycles.